The first-order chi connectivity index (χ1) is 10.7. The molecule has 1 amide bonds. The molecule has 2 fully saturated rings. The molecule has 2 aromatic rings. The van der Waals surface area contributed by atoms with Crippen molar-refractivity contribution in [2.24, 2.45) is 0 Å². The third-order valence-corrected chi connectivity index (χ3v) is 4.95. The van der Waals surface area contributed by atoms with Gasteiger partial charge in [0.05, 0.1) is 17.5 Å². The number of aromatic nitrogens is 2. The lowest BCUT2D eigenvalue weighted by Crippen LogP contribution is -2.28. The Hall–Kier alpha value is -1.81. The van der Waals surface area contributed by atoms with Gasteiger partial charge in [-0.1, -0.05) is 23.7 Å². The van der Waals surface area contributed by atoms with Gasteiger partial charge in [-0.3, -0.25) is 9.89 Å². The molecule has 1 atom stereocenters. The van der Waals surface area contributed by atoms with Gasteiger partial charge in [-0.2, -0.15) is 5.10 Å². The van der Waals surface area contributed by atoms with Crippen LogP contribution in [-0.4, -0.2) is 34.1 Å². The highest BCUT2D eigenvalue weighted by Crippen LogP contribution is 2.41. The molecule has 1 aliphatic carbocycles. The van der Waals surface area contributed by atoms with Crippen LogP contribution < -0.4 is 0 Å². The van der Waals surface area contributed by atoms with Crippen molar-refractivity contribution in [2.45, 2.75) is 31.1 Å². The van der Waals surface area contributed by atoms with Gasteiger partial charge in [0, 0.05) is 29.9 Å². The number of carbonyl (C=O) groups is 1. The zero-order valence-corrected chi connectivity index (χ0v) is 13.0. The van der Waals surface area contributed by atoms with E-state index in [-0.39, 0.29) is 5.91 Å². The van der Waals surface area contributed by atoms with Gasteiger partial charge < -0.3 is 4.90 Å². The maximum absolute atomic E-state index is 12.7. The topological polar surface area (TPSA) is 49.0 Å². The van der Waals surface area contributed by atoms with E-state index in [4.69, 9.17) is 11.6 Å². The maximum atomic E-state index is 12.7. The highest BCUT2D eigenvalue weighted by molar-refractivity contribution is 6.30. The summed E-state index contributed by atoms with van der Waals surface area (Å²) in [6.45, 7) is 1.58. The van der Waals surface area contributed by atoms with Crippen molar-refractivity contribution < 1.29 is 4.79 Å². The van der Waals surface area contributed by atoms with E-state index in [2.05, 4.69) is 22.3 Å². The molecular formula is C17H18ClN3O. The lowest BCUT2D eigenvalue weighted by atomic mass is 9.99. The summed E-state index contributed by atoms with van der Waals surface area (Å²) in [7, 11) is 0. The Morgan fingerprint density at radius 1 is 1.18 bits per heavy atom. The Morgan fingerprint density at radius 2 is 1.95 bits per heavy atom. The molecule has 0 unspecified atom stereocenters. The van der Waals surface area contributed by atoms with Crippen LogP contribution in [0.1, 0.15) is 52.7 Å². The molecule has 0 radical (unpaired) electrons. The van der Waals surface area contributed by atoms with Gasteiger partial charge in [-0.05, 0) is 37.0 Å². The fraction of sp³-hybridized carbons (Fsp3) is 0.412. The fourth-order valence-electron chi connectivity index (χ4n) is 3.27. The molecule has 4 nitrogen and oxygen atoms in total. The summed E-state index contributed by atoms with van der Waals surface area (Å²) in [5.41, 5.74) is 3.05. The fourth-order valence-corrected chi connectivity index (χ4v) is 3.40. The van der Waals surface area contributed by atoms with E-state index < -0.39 is 0 Å². The molecule has 114 valence electrons. The predicted octanol–water partition coefficient (Wildman–Crippen LogP) is 3.57. The monoisotopic (exact) mass is 315 g/mol. The molecule has 1 aromatic heterocycles. The largest absolute Gasteiger partial charge is 0.338 e. The van der Waals surface area contributed by atoms with Crippen LogP contribution in [0.4, 0.5) is 0 Å². The van der Waals surface area contributed by atoms with E-state index >= 15 is 0 Å². The van der Waals surface area contributed by atoms with Crippen molar-refractivity contribution in [1.82, 2.24) is 15.1 Å². The minimum absolute atomic E-state index is 0.118. The first-order valence-electron chi connectivity index (χ1n) is 7.80. The Balaban J connectivity index is 1.49. The summed E-state index contributed by atoms with van der Waals surface area (Å²) in [6.07, 6.45) is 5.02. The zero-order valence-electron chi connectivity index (χ0n) is 12.3. The molecule has 1 saturated carbocycles. The lowest BCUT2D eigenvalue weighted by Gasteiger charge is -2.16. The van der Waals surface area contributed by atoms with Crippen LogP contribution in [0.15, 0.2) is 30.5 Å². The first-order valence-corrected chi connectivity index (χ1v) is 8.18. The van der Waals surface area contributed by atoms with Crippen LogP contribution in [0.5, 0.6) is 0 Å². The number of nitrogens with one attached hydrogen (secondary N) is 1. The molecule has 1 aliphatic heterocycles. The summed E-state index contributed by atoms with van der Waals surface area (Å²) >= 11 is 5.94. The molecule has 1 saturated heterocycles. The van der Waals surface area contributed by atoms with Gasteiger partial charge in [0.15, 0.2) is 0 Å². The van der Waals surface area contributed by atoms with Gasteiger partial charge in [0.25, 0.3) is 5.91 Å². The number of hydrogen-bond donors (Lipinski definition) is 1. The number of aromatic amines is 1. The molecule has 0 spiro atoms. The smallest absolute Gasteiger partial charge is 0.257 e. The Kier molecular flexibility index (Phi) is 3.41. The van der Waals surface area contributed by atoms with Gasteiger partial charge >= 0.3 is 0 Å². The maximum Gasteiger partial charge on any atom is 0.257 e. The van der Waals surface area contributed by atoms with Crippen molar-refractivity contribution in [1.29, 1.82) is 0 Å². The molecule has 22 heavy (non-hydrogen) atoms. The molecule has 0 bridgehead atoms. The molecule has 2 aliphatic rings. The SMILES string of the molecule is O=C(c1cn[nH]c1C1CC1)N1CC[C@@H](c2ccc(Cl)cc2)C1. The van der Waals surface area contributed by atoms with Crippen LogP contribution >= 0.6 is 11.6 Å². The molecule has 2 heterocycles. The minimum Gasteiger partial charge on any atom is -0.338 e. The summed E-state index contributed by atoms with van der Waals surface area (Å²) < 4.78 is 0. The third kappa shape index (κ3) is 2.52. The molecule has 4 rings (SSSR count). The number of halogens is 1. The van der Waals surface area contributed by atoms with Gasteiger partial charge in [0.1, 0.15) is 0 Å². The Labute approximate surface area is 134 Å². The van der Waals surface area contributed by atoms with Crippen LogP contribution in [0.3, 0.4) is 0 Å². The first kappa shape index (κ1) is 13.8. The van der Waals surface area contributed by atoms with Gasteiger partial charge in [0.2, 0.25) is 0 Å². The standard InChI is InChI=1S/C17H18ClN3O/c18-14-5-3-11(4-6-14)13-7-8-21(10-13)17(22)15-9-19-20-16(15)12-1-2-12/h3-6,9,12-13H,1-2,7-8,10H2,(H,19,20)/t13-/m1/s1. The highest BCUT2D eigenvalue weighted by atomic mass is 35.5. The predicted molar refractivity (Wildman–Crippen MR) is 85.3 cm³/mol. The number of benzene rings is 1. The van der Waals surface area contributed by atoms with Crippen molar-refractivity contribution >= 4 is 17.5 Å². The highest BCUT2D eigenvalue weighted by Gasteiger charge is 2.34. The van der Waals surface area contributed by atoms with Crippen LogP contribution in [0.25, 0.3) is 0 Å². The quantitative estimate of drug-likeness (QED) is 0.941. The second kappa shape index (κ2) is 5.43. The second-order valence-corrected chi connectivity index (χ2v) is 6.70. The van der Waals surface area contributed by atoms with Gasteiger partial charge in [-0.25, -0.2) is 0 Å². The van der Waals surface area contributed by atoms with Crippen molar-refractivity contribution in [3.63, 3.8) is 0 Å². The number of likely N-dealkylation sites (tertiary alicyclic amines) is 1. The Morgan fingerprint density at radius 3 is 2.68 bits per heavy atom. The van der Waals surface area contributed by atoms with E-state index in [1.165, 1.54) is 5.56 Å². The third-order valence-electron chi connectivity index (χ3n) is 4.70. The second-order valence-electron chi connectivity index (χ2n) is 6.26. The zero-order chi connectivity index (χ0) is 15.1. The van der Waals surface area contributed by atoms with Gasteiger partial charge in [-0.15, -0.1) is 0 Å². The average Bonchev–Trinajstić information content (AvgIpc) is 3.07. The van der Waals surface area contributed by atoms with Crippen LogP contribution in [0.2, 0.25) is 5.02 Å². The minimum atomic E-state index is 0.118. The summed E-state index contributed by atoms with van der Waals surface area (Å²) in [5, 5.41) is 7.84. The molecule has 5 heteroatoms. The summed E-state index contributed by atoms with van der Waals surface area (Å²) in [6, 6.07) is 7.97. The van der Waals surface area contributed by atoms with E-state index in [0.717, 1.165) is 48.6 Å². The lowest BCUT2D eigenvalue weighted by molar-refractivity contribution is 0.0789. The molecular weight excluding hydrogens is 298 g/mol. The number of carbonyl (C=O) groups excluding carboxylic acids is 1. The summed E-state index contributed by atoms with van der Waals surface area (Å²) in [5.74, 6) is 1.03. The number of rotatable bonds is 3. The number of amides is 1. The van der Waals surface area contributed by atoms with Crippen LogP contribution in [-0.2, 0) is 0 Å². The number of nitrogens with zero attached hydrogens (tertiary/aromatic N) is 2. The normalized spacial score (nSPS) is 21.3. The van der Waals surface area contributed by atoms with E-state index in [9.17, 15) is 4.79 Å². The van der Waals surface area contributed by atoms with E-state index in [1.807, 2.05) is 17.0 Å². The average molecular weight is 316 g/mol. The van der Waals surface area contributed by atoms with E-state index in [1.54, 1.807) is 6.20 Å². The summed E-state index contributed by atoms with van der Waals surface area (Å²) in [4.78, 5) is 14.7. The molecule has 1 aromatic carbocycles. The molecule has 1 N–H and O–H groups in total. The number of hydrogen-bond acceptors (Lipinski definition) is 2. The Bertz CT molecular complexity index is 690. The number of H-pyrrole nitrogens is 1. The van der Waals surface area contributed by atoms with E-state index in [0.29, 0.717) is 11.8 Å². The van der Waals surface area contributed by atoms with Crippen molar-refractivity contribution in [3.8, 4) is 0 Å². The van der Waals surface area contributed by atoms with Crippen molar-refractivity contribution in [3.05, 3.63) is 52.3 Å². The van der Waals surface area contributed by atoms with Crippen LogP contribution in [0, 0.1) is 0 Å². The van der Waals surface area contributed by atoms with Crippen molar-refractivity contribution in [2.75, 3.05) is 13.1 Å².